The summed E-state index contributed by atoms with van der Waals surface area (Å²) in [6, 6.07) is 24.5. The first kappa shape index (κ1) is 22.3. The van der Waals surface area contributed by atoms with Crippen LogP contribution in [0.4, 0.5) is 0 Å². The molecule has 16 aromatic rings. The number of hydrogen-bond acceptors (Lipinski definition) is 1. The van der Waals surface area contributed by atoms with E-state index in [0.29, 0.717) is 0 Å². The number of aliphatic hydroxyl groups is 1. The van der Waals surface area contributed by atoms with E-state index in [-0.39, 0.29) is 7.43 Å². The van der Waals surface area contributed by atoms with E-state index >= 15 is 0 Å². The minimum atomic E-state index is 0. The van der Waals surface area contributed by atoms with Crippen LogP contribution in [0, 0.1) is 0 Å². The van der Waals surface area contributed by atoms with Crippen molar-refractivity contribution in [1.82, 2.24) is 0 Å². The highest BCUT2D eigenvalue weighted by Gasteiger charge is 2.38. The third-order valence-corrected chi connectivity index (χ3v) is 12.5. The Hall–Kier alpha value is -5.24. The highest BCUT2D eigenvalue weighted by atomic mass is 16.2. The first-order valence-electron chi connectivity index (χ1n) is 16.0. The van der Waals surface area contributed by atoms with Gasteiger partial charge in [0.05, 0.1) is 0 Å². The van der Waals surface area contributed by atoms with Gasteiger partial charge in [0.15, 0.2) is 0 Å². The SMILES string of the molecule is C.CC.CO.c1cc2c3ccc4c5ccc6c7ccc8c9ccc%10c1c1c2c2c3c4c3c5c6c4c7c8c5c9c%10c1c1c2c3c4c51. The van der Waals surface area contributed by atoms with Gasteiger partial charge in [-0.15, -0.1) is 0 Å². The molecule has 0 aliphatic carbocycles. The lowest BCUT2D eigenvalue weighted by Crippen LogP contribution is -1.82. The lowest BCUT2D eigenvalue weighted by Gasteiger charge is -2.11. The van der Waals surface area contributed by atoms with Crippen molar-refractivity contribution in [2.45, 2.75) is 21.3 Å². The first-order chi connectivity index (χ1) is 21.9. The van der Waals surface area contributed by atoms with E-state index in [1.54, 1.807) is 53.9 Å². The number of rotatable bonds is 0. The van der Waals surface area contributed by atoms with Gasteiger partial charge < -0.3 is 5.11 Å². The van der Waals surface area contributed by atoms with Gasteiger partial charge in [0.25, 0.3) is 0 Å². The second kappa shape index (κ2) is 6.15. The molecule has 0 aromatic heterocycles. The topological polar surface area (TPSA) is 20.2 Å². The van der Waals surface area contributed by atoms with Crippen molar-refractivity contribution >= 4 is 162 Å². The molecule has 0 atom stereocenters. The van der Waals surface area contributed by atoms with Gasteiger partial charge in [-0.25, -0.2) is 0 Å². The molecule has 0 radical (unpaired) electrons. The maximum Gasteiger partial charge on any atom is 0.0319 e. The number of aliphatic hydroxyl groups excluding tert-OH is 1. The van der Waals surface area contributed by atoms with Crippen LogP contribution >= 0.6 is 0 Å². The zero-order valence-electron chi connectivity index (χ0n) is 24.2. The molecule has 0 amide bonds. The predicted octanol–water partition coefficient (Wildman–Crippen LogP) is 12.9. The molecule has 0 aliphatic heterocycles. The monoisotopic (exact) mass is 568 g/mol. The Balaban J connectivity index is 0.000000450. The first-order valence-corrected chi connectivity index (χ1v) is 16.0. The van der Waals surface area contributed by atoms with Crippen LogP contribution in [-0.2, 0) is 0 Å². The average molecular weight is 569 g/mol. The molecule has 0 saturated carbocycles. The Morgan fingerprint density at radius 2 is 0.311 bits per heavy atom. The van der Waals surface area contributed by atoms with E-state index in [0.717, 1.165) is 7.11 Å². The van der Waals surface area contributed by atoms with Crippen molar-refractivity contribution in [3.05, 3.63) is 60.7 Å². The Morgan fingerprint density at radius 1 is 0.222 bits per heavy atom. The number of benzene rings is 10. The molecule has 0 heterocycles. The van der Waals surface area contributed by atoms with Crippen molar-refractivity contribution in [2.75, 3.05) is 7.11 Å². The van der Waals surface area contributed by atoms with E-state index < -0.39 is 0 Å². The van der Waals surface area contributed by atoms with Gasteiger partial charge in [-0.3, -0.25) is 0 Å². The molecule has 0 unspecified atom stereocenters. The molecule has 0 aliphatic rings. The largest absolute Gasteiger partial charge is 0.400 e. The summed E-state index contributed by atoms with van der Waals surface area (Å²) in [5.74, 6) is 0. The van der Waals surface area contributed by atoms with Crippen LogP contribution < -0.4 is 0 Å². The quantitative estimate of drug-likeness (QED) is 0.180. The fourth-order valence-electron chi connectivity index (χ4n) is 11.6. The van der Waals surface area contributed by atoms with Crippen LogP contribution in [0.5, 0.6) is 0 Å². The van der Waals surface area contributed by atoms with Gasteiger partial charge in [0, 0.05) is 7.11 Å². The van der Waals surface area contributed by atoms with Crippen LogP contribution in [0.2, 0.25) is 0 Å². The summed E-state index contributed by atoms with van der Waals surface area (Å²) in [7, 11) is 1.00. The number of fused-ring (bicyclic) bond motifs is 5. The van der Waals surface area contributed by atoms with Crippen LogP contribution in [-0.4, -0.2) is 12.2 Å². The Labute approximate surface area is 255 Å². The molecule has 1 N–H and O–H groups in total. The lowest BCUT2D eigenvalue weighted by atomic mass is 9.90. The fourth-order valence-corrected chi connectivity index (χ4v) is 11.6. The predicted molar refractivity (Wildman–Crippen MR) is 201 cm³/mol. The van der Waals surface area contributed by atoms with Crippen molar-refractivity contribution < 1.29 is 5.11 Å². The minimum absolute atomic E-state index is 0. The molecular weight excluding hydrogens is 544 g/mol. The molecule has 1 nitrogen and oxygen atoms in total. The molecule has 45 heavy (non-hydrogen) atoms. The van der Waals surface area contributed by atoms with Crippen molar-refractivity contribution in [3.8, 4) is 0 Å². The van der Waals surface area contributed by atoms with Crippen molar-refractivity contribution in [1.29, 1.82) is 0 Å². The second-order valence-corrected chi connectivity index (χ2v) is 13.3. The third-order valence-electron chi connectivity index (χ3n) is 12.5. The molecular formula is C44H24O. The van der Waals surface area contributed by atoms with Crippen molar-refractivity contribution in [3.63, 3.8) is 0 Å². The summed E-state index contributed by atoms with van der Waals surface area (Å²) in [5.41, 5.74) is 0. The summed E-state index contributed by atoms with van der Waals surface area (Å²) in [6.45, 7) is 4.00. The van der Waals surface area contributed by atoms with Crippen LogP contribution in [0.15, 0.2) is 60.7 Å². The van der Waals surface area contributed by atoms with Crippen molar-refractivity contribution in [2.24, 2.45) is 0 Å². The molecule has 16 aromatic carbocycles. The zero-order valence-corrected chi connectivity index (χ0v) is 24.2. The third kappa shape index (κ3) is 1.62. The summed E-state index contributed by atoms with van der Waals surface area (Å²) >= 11 is 0. The molecule has 0 fully saturated rings. The highest BCUT2D eigenvalue weighted by Crippen LogP contribution is 2.67. The zero-order chi connectivity index (χ0) is 28.4. The maximum absolute atomic E-state index is 7.00. The van der Waals surface area contributed by atoms with E-state index in [1.807, 2.05) is 13.8 Å². The Morgan fingerprint density at radius 3 is 0.422 bits per heavy atom. The lowest BCUT2D eigenvalue weighted by molar-refractivity contribution is 0.399. The smallest absolute Gasteiger partial charge is 0.0319 e. The van der Waals surface area contributed by atoms with Gasteiger partial charge >= 0.3 is 0 Å². The maximum atomic E-state index is 7.00. The van der Waals surface area contributed by atoms with Gasteiger partial charge in [0.1, 0.15) is 0 Å². The second-order valence-electron chi connectivity index (χ2n) is 13.3. The highest BCUT2D eigenvalue weighted by molar-refractivity contribution is 6.70. The van der Waals surface area contributed by atoms with E-state index in [9.17, 15) is 0 Å². The average Bonchev–Trinajstić information content (AvgIpc) is 3.90. The molecule has 1 heteroatoms. The summed E-state index contributed by atoms with van der Waals surface area (Å²) in [6.07, 6.45) is 0. The summed E-state index contributed by atoms with van der Waals surface area (Å²) < 4.78 is 0. The molecule has 0 bridgehead atoms. The minimum Gasteiger partial charge on any atom is -0.400 e. The number of hydrogen-bond donors (Lipinski definition) is 1. The van der Waals surface area contributed by atoms with E-state index in [1.165, 1.54) is 108 Å². The molecule has 16 rings (SSSR count). The van der Waals surface area contributed by atoms with Gasteiger partial charge in [-0.05, 0) is 162 Å². The normalized spacial score (nSPS) is 14.0. The fraction of sp³-hybridized carbons (Fsp3) is 0.0909. The summed E-state index contributed by atoms with van der Waals surface area (Å²) in [5, 5.41) is 52.5. The van der Waals surface area contributed by atoms with Crippen LogP contribution in [0.3, 0.4) is 0 Å². The Kier molecular flexibility index (Phi) is 3.05. The van der Waals surface area contributed by atoms with E-state index in [4.69, 9.17) is 5.11 Å². The standard InChI is InChI=1S/C40H10.C2H6.CH4O.CH4/c1-2-12-14-5-6-16-18-9-10-20-19-8-7-17-15-4-3-13-11(1)21-22(12)32-24(14)26(16)34-29(18)30(20)35-28(19)27(17)33-25(15)23(13)31(21)36-37(32)39(34)40(35)38(33)36;2*1-2;/h1-10H;1-2H3;2H,1H3;1H4. The van der Waals surface area contributed by atoms with E-state index in [2.05, 4.69) is 60.7 Å². The van der Waals surface area contributed by atoms with Gasteiger partial charge in [-0.1, -0.05) is 81.9 Å². The molecule has 0 saturated heterocycles. The van der Waals surface area contributed by atoms with Crippen LogP contribution in [0.1, 0.15) is 21.3 Å². The van der Waals surface area contributed by atoms with Crippen LogP contribution in [0.25, 0.3) is 162 Å². The molecule has 0 spiro atoms. The van der Waals surface area contributed by atoms with Gasteiger partial charge in [-0.2, -0.15) is 0 Å². The summed E-state index contributed by atoms with van der Waals surface area (Å²) in [4.78, 5) is 0. The molecule has 206 valence electrons. The Bertz CT molecular complexity index is 2890. The van der Waals surface area contributed by atoms with Gasteiger partial charge in [0.2, 0.25) is 0 Å².